The van der Waals surface area contributed by atoms with Crippen molar-refractivity contribution in [1.29, 1.82) is 0 Å². The number of rotatable bonds is 12. The van der Waals surface area contributed by atoms with Gasteiger partial charge in [-0.25, -0.2) is 18.2 Å². The van der Waals surface area contributed by atoms with Gasteiger partial charge in [-0.15, -0.1) is 0 Å². The molecule has 1 aliphatic rings. The van der Waals surface area contributed by atoms with E-state index in [0.717, 1.165) is 20.9 Å². The Balaban J connectivity index is 1.24. The fourth-order valence-corrected chi connectivity index (χ4v) is 8.38. The molecule has 0 radical (unpaired) electrons. The summed E-state index contributed by atoms with van der Waals surface area (Å²) < 4.78 is 35.3. The molecule has 13 nitrogen and oxygen atoms in total. The standard InChI is InChI=1S/C36H38Cl2N6O7S/c1-20-16-21(2)41-33-26(20)10-6-12-30(33)50-19-27-28(37)13-14-31(32(27)38)52(48,49)44-15-7-11-29(44)36(47)40-18-22(3)42-35(46)25-9-5-8-24(17-25)34(39)43-51-23(4)45/h5-6,8-10,12-14,16-17,22,29H,7,11,15,18-19H2,1-4H3,(H2,39,43)(H,40,47)(H,42,46)/t22?,29-/m0/s1. The average Bonchev–Trinajstić information content (AvgIpc) is 3.61. The molecule has 1 unspecified atom stereocenters. The van der Waals surface area contributed by atoms with Crippen LogP contribution in [0.5, 0.6) is 5.75 Å². The largest absolute Gasteiger partial charge is 0.487 e. The van der Waals surface area contributed by atoms with Crippen molar-refractivity contribution in [3.8, 4) is 5.75 Å². The molecule has 52 heavy (non-hydrogen) atoms. The number of nitrogens with one attached hydrogen (secondary N) is 2. The van der Waals surface area contributed by atoms with Gasteiger partial charge in [0.1, 0.15) is 28.8 Å². The van der Waals surface area contributed by atoms with Gasteiger partial charge in [0, 0.05) is 58.8 Å². The van der Waals surface area contributed by atoms with Crippen molar-refractivity contribution < 1.29 is 32.4 Å². The third-order valence-electron chi connectivity index (χ3n) is 8.41. The van der Waals surface area contributed by atoms with Crippen LogP contribution in [0.4, 0.5) is 0 Å². The summed E-state index contributed by atoms with van der Waals surface area (Å²) in [7, 11) is -4.25. The molecule has 16 heteroatoms. The highest BCUT2D eigenvalue weighted by Crippen LogP contribution is 2.36. The van der Waals surface area contributed by atoms with Gasteiger partial charge in [-0.05, 0) is 75.6 Å². The van der Waals surface area contributed by atoms with Gasteiger partial charge in [0.25, 0.3) is 5.91 Å². The number of carbonyl (C=O) groups excluding carboxylic acids is 3. The zero-order chi connectivity index (χ0) is 37.7. The Morgan fingerprint density at radius 2 is 1.81 bits per heavy atom. The number of hydrogen-bond acceptors (Lipinski definition) is 9. The number of benzene rings is 3. The molecule has 4 N–H and O–H groups in total. The fourth-order valence-electron chi connectivity index (χ4n) is 5.86. The van der Waals surface area contributed by atoms with Crippen molar-refractivity contribution in [2.24, 2.45) is 10.9 Å². The monoisotopic (exact) mass is 768 g/mol. The lowest BCUT2D eigenvalue weighted by Crippen LogP contribution is -2.49. The van der Waals surface area contributed by atoms with E-state index in [2.05, 4.69) is 25.6 Å². The number of aryl methyl sites for hydroxylation is 2. The Kier molecular flexibility index (Phi) is 12.0. The van der Waals surface area contributed by atoms with E-state index in [1.165, 1.54) is 25.1 Å². The number of halogens is 2. The molecule has 0 spiro atoms. The summed E-state index contributed by atoms with van der Waals surface area (Å²) in [5, 5.41) is 10.1. The molecule has 1 aromatic heterocycles. The molecular formula is C36H38Cl2N6O7S. The van der Waals surface area contributed by atoms with E-state index in [-0.39, 0.29) is 51.6 Å². The third kappa shape index (κ3) is 8.64. The number of carbonyl (C=O) groups is 3. The zero-order valence-electron chi connectivity index (χ0n) is 28.9. The second-order valence-corrected chi connectivity index (χ2v) is 15.0. The Morgan fingerprint density at radius 1 is 1.08 bits per heavy atom. The van der Waals surface area contributed by atoms with Gasteiger partial charge in [-0.1, -0.05) is 52.6 Å². The fraction of sp³-hybridized carbons (Fsp3) is 0.306. The maximum Gasteiger partial charge on any atom is 0.332 e. The van der Waals surface area contributed by atoms with Crippen molar-refractivity contribution in [3.63, 3.8) is 0 Å². The summed E-state index contributed by atoms with van der Waals surface area (Å²) in [6.07, 6.45) is 0.751. The molecule has 0 saturated carbocycles. The molecule has 2 amide bonds. The van der Waals surface area contributed by atoms with E-state index >= 15 is 0 Å². The molecule has 1 aliphatic heterocycles. The van der Waals surface area contributed by atoms with Crippen molar-refractivity contribution in [1.82, 2.24) is 19.9 Å². The van der Waals surface area contributed by atoms with Gasteiger partial charge >= 0.3 is 5.97 Å². The molecule has 5 rings (SSSR count). The Morgan fingerprint density at radius 3 is 2.56 bits per heavy atom. The molecule has 3 aromatic carbocycles. The highest BCUT2D eigenvalue weighted by molar-refractivity contribution is 7.89. The van der Waals surface area contributed by atoms with Crippen LogP contribution >= 0.6 is 23.2 Å². The average molecular weight is 770 g/mol. The first-order chi connectivity index (χ1) is 24.7. The molecule has 4 aromatic rings. The molecule has 1 fully saturated rings. The highest BCUT2D eigenvalue weighted by Gasteiger charge is 2.40. The summed E-state index contributed by atoms with van der Waals surface area (Å²) in [4.78, 5) is 46.3. The van der Waals surface area contributed by atoms with Gasteiger partial charge < -0.3 is 25.9 Å². The number of ether oxygens (including phenoxy) is 1. The lowest BCUT2D eigenvalue weighted by molar-refractivity contribution is -0.141. The van der Waals surface area contributed by atoms with E-state index in [9.17, 15) is 22.8 Å². The van der Waals surface area contributed by atoms with Crippen LogP contribution in [0.2, 0.25) is 10.0 Å². The number of fused-ring (bicyclic) bond motifs is 1. The maximum atomic E-state index is 14.0. The van der Waals surface area contributed by atoms with Crippen molar-refractivity contribution in [3.05, 3.63) is 98.7 Å². The smallest absolute Gasteiger partial charge is 0.332 e. The van der Waals surface area contributed by atoms with Gasteiger partial charge in [0.05, 0.1) is 5.02 Å². The summed E-state index contributed by atoms with van der Waals surface area (Å²) in [5.41, 5.74) is 9.27. The predicted molar refractivity (Wildman–Crippen MR) is 198 cm³/mol. The minimum atomic E-state index is -4.25. The number of para-hydroxylation sites is 1. The van der Waals surface area contributed by atoms with Crippen LogP contribution in [-0.4, -0.2) is 66.5 Å². The number of amidine groups is 1. The van der Waals surface area contributed by atoms with Gasteiger partial charge in [0.2, 0.25) is 15.9 Å². The second-order valence-electron chi connectivity index (χ2n) is 12.4. The van der Waals surface area contributed by atoms with Gasteiger partial charge in [0.15, 0.2) is 5.84 Å². The molecule has 1 saturated heterocycles. The quantitative estimate of drug-likeness (QED) is 0.0773. The Hall–Kier alpha value is -4.76. The molecule has 274 valence electrons. The number of nitrogens with zero attached hydrogens (tertiary/aromatic N) is 3. The first-order valence-corrected chi connectivity index (χ1v) is 18.6. The van der Waals surface area contributed by atoms with Crippen LogP contribution < -0.4 is 21.1 Å². The lowest BCUT2D eigenvalue weighted by Gasteiger charge is -2.25. The highest BCUT2D eigenvalue weighted by atomic mass is 35.5. The number of pyridine rings is 1. The van der Waals surface area contributed by atoms with E-state index in [1.807, 2.05) is 32.0 Å². The number of sulfonamides is 1. The lowest BCUT2D eigenvalue weighted by atomic mass is 10.1. The topological polar surface area (TPSA) is 182 Å². The number of nitrogens with two attached hydrogens (primary N) is 1. The summed E-state index contributed by atoms with van der Waals surface area (Å²) in [5.74, 6) is -1.20. The van der Waals surface area contributed by atoms with Gasteiger partial charge in [-0.3, -0.25) is 9.59 Å². The van der Waals surface area contributed by atoms with E-state index in [0.29, 0.717) is 29.7 Å². The van der Waals surface area contributed by atoms with E-state index < -0.39 is 39.9 Å². The number of aromatic nitrogens is 1. The van der Waals surface area contributed by atoms with Crippen LogP contribution in [0.15, 0.2) is 70.7 Å². The molecule has 0 bridgehead atoms. The van der Waals surface area contributed by atoms with Crippen LogP contribution in [0, 0.1) is 13.8 Å². The SMILES string of the molecule is CC(=O)ON=C(N)c1cccc(C(=O)NC(C)CNC(=O)[C@@H]2CCCN2S(=O)(=O)c2ccc(Cl)c(COc3cccc4c(C)cc(C)nc34)c2Cl)c1. The molecular weight excluding hydrogens is 731 g/mol. The van der Waals surface area contributed by atoms with Crippen LogP contribution in [0.3, 0.4) is 0 Å². The van der Waals surface area contributed by atoms with Crippen molar-refractivity contribution in [2.75, 3.05) is 13.1 Å². The first-order valence-electron chi connectivity index (χ1n) is 16.4. The van der Waals surface area contributed by atoms with Gasteiger partial charge in [-0.2, -0.15) is 4.31 Å². The zero-order valence-corrected chi connectivity index (χ0v) is 31.2. The first kappa shape index (κ1) is 38.5. The number of hydrogen-bond donors (Lipinski definition) is 3. The molecule has 0 aliphatic carbocycles. The van der Waals surface area contributed by atoms with Crippen LogP contribution in [-0.2, 0) is 31.1 Å². The maximum absolute atomic E-state index is 14.0. The normalized spacial score (nSPS) is 15.7. The van der Waals surface area contributed by atoms with Crippen molar-refractivity contribution in [2.45, 2.75) is 64.1 Å². The Labute approximate surface area is 311 Å². The summed E-state index contributed by atoms with van der Waals surface area (Å²) >= 11 is 13.2. The summed E-state index contributed by atoms with van der Waals surface area (Å²) in [6, 6.07) is 15.0. The van der Waals surface area contributed by atoms with Crippen molar-refractivity contribution >= 4 is 67.7 Å². The predicted octanol–water partition coefficient (Wildman–Crippen LogP) is 5.01. The van der Waals surface area contributed by atoms with Crippen LogP contribution in [0.1, 0.15) is 59.4 Å². The van der Waals surface area contributed by atoms with E-state index in [4.69, 9.17) is 33.7 Å². The van der Waals surface area contributed by atoms with Crippen LogP contribution in [0.25, 0.3) is 10.9 Å². The minimum absolute atomic E-state index is 0.0238. The number of oxime groups is 1. The Bertz CT molecular complexity index is 2180. The molecule has 2 atom stereocenters. The van der Waals surface area contributed by atoms with E-state index in [1.54, 1.807) is 31.2 Å². The number of amides is 2. The second kappa shape index (κ2) is 16.3. The third-order valence-corrected chi connectivity index (χ3v) is 11.3. The summed E-state index contributed by atoms with van der Waals surface area (Å²) in [6.45, 7) is 6.76. The minimum Gasteiger partial charge on any atom is -0.487 e. The molecule has 2 heterocycles.